The van der Waals surface area contributed by atoms with Crippen molar-refractivity contribution < 1.29 is 4.79 Å². The van der Waals surface area contributed by atoms with Gasteiger partial charge in [-0.2, -0.15) is 10.2 Å². The zero-order valence-electron chi connectivity index (χ0n) is 19.3. The molecule has 2 aromatic heterocycles. The highest BCUT2D eigenvalue weighted by Crippen LogP contribution is 2.32. The van der Waals surface area contributed by atoms with Gasteiger partial charge >= 0.3 is 0 Å². The molecule has 0 aliphatic carbocycles. The van der Waals surface area contributed by atoms with E-state index in [-0.39, 0.29) is 11.1 Å². The van der Waals surface area contributed by atoms with Gasteiger partial charge in [-0.05, 0) is 23.8 Å². The van der Waals surface area contributed by atoms with Gasteiger partial charge in [0.05, 0.1) is 11.4 Å². The van der Waals surface area contributed by atoms with E-state index < -0.39 is 11.5 Å². The Bertz CT molecular complexity index is 1660. The molecule has 0 unspecified atom stereocenters. The highest BCUT2D eigenvalue weighted by Gasteiger charge is 2.24. The first-order valence-corrected chi connectivity index (χ1v) is 11.2. The van der Waals surface area contributed by atoms with Crippen molar-refractivity contribution in [1.29, 1.82) is 0 Å². The maximum Gasteiger partial charge on any atom is 0.280 e. The molecule has 0 aliphatic rings. The van der Waals surface area contributed by atoms with Crippen molar-refractivity contribution in [3.63, 3.8) is 0 Å². The minimum Gasteiger partial charge on any atom is -0.322 e. The maximum atomic E-state index is 13.6. The summed E-state index contributed by atoms with van der Waals surface area (Å²) in [5, 5.41) is 13.8. The molecule has 0 atom stereocenters. The molecule has 8 heteroatoms. The Morgan fingerprint density at radius 1 is 0.806 bits per heavy atom. The number of anilines is 1. The molecule has 5 rings (SSSR count). The van der Waals surface area contributed by atoms with Crippen molar-refractivity contribution in [2.45, 2.75) is 0 Å². The van der Waals surface area contributed by atoms with Crippen LogP contribution in [-0.4, -0.2) is 25.9 Å². The van der Waals surface area contributed by atoms with E-state index in [0.717, 1.165) is 5.56 Å². The maximum absolute atomic E-state index is 13.6. The summed E-state index contributed by atoms with van der Waals surface area (Å²) >= 11 is 0. The summed E-state index contributed by atoms with van der Waals surface area (Å²) in [6.07, 6.45) is 0. The Balaban J connectivity index is 1.63. The van der Waals surface area contributed by atoms with Gasteiger partial charge in [0.15, 0.2) is 0 Å². The highest BCUT2D eigenvalue weighted by molar-refractivity contribution is 6.10. The van der Waals surface area contributed by atoms with Gasteiger partial charge in [-0.1, -0.05) is 72.8 Å². The van der Waals surface area contributed by atoms with Crippen LogP contribution in [0.25, 0.3) is 33.6 Å². The molecule has 0 saturated heterocycles. The average Bonchev–Trinajstić information content (AvgIpc) is 2.91. The molecule has 2 N–H and O–H groups in total. The number of aromatic nitrogens is 4. The third-order valence-corrected chi connectivity index (χ3v) is 5.68. The standard InChI is InChI=1S/C28H21N5O3/c1-33-28(36)25(24(18-9-4-2-5-10-18)26(32-33)19-11-6-3-7-12-19)27(35)29-21-14-8-13-20(17-21)22-15-16-23(34)31-30-22/h2-17H,1H3,(H,29,35)(H,31,34). The second-order valence-electron chi connectivity index (χ2n) is 8.10. The molecule has 5 aromatic rings. The van der Waals surface area contributed by atoms with Crippen molar-refractivity contribution in [3.05, 3.63) is 123 Å². The number of benzene rings is 3. The fraction of sp³-hybridized carbons (Fsp3) is 0.0357. The number of aryl methyl sites for hydroxylation is 1. The van der Waals surface area contributed by atoms with Crippen molar-refractivity contribution in [3.8, 4) is 33.6 Å². The van der Waals surface area contributed by atoms with Crippen LogP contribution in [0.2, 0.25) is 0 Å². The summed E-state index contributed by atoms with van der Waals surface area (Å²) in [6.45, 7) is 0. The number of aromatic amines is 1. The van der Waals surface area contributed by atoms with Gasteiger partial charge < -0.3 is 5.32 Å². The molecule has 0 fully saturated rings. The predicted molar refractivity (Wildman–Crippen MR) is 139 cm³/mol. The summed E-state index contributed by atoms with van der Waals surface area (Å²) in [4.78, 5) is 38.3. The van der Waals surface area contributed by atoms with Gasteiger partial charge in [-0.3, -0.25) is 14.4 Å². The van der Waals surface area contributed by atoms with E-state index in [0.29, 0.717) is 33.8 Å². The van der Waals surface area contributed by atoms with E-state index in [1.54, 1.807) is 24.3 Å². The summed E-state index contributed by atoms with van der Waals surface area (Å²) in [5.41, 5.74) is 3.37. The first-order valence-electron chi connectivity index (χ1n) is 11.2. The van der Waals surface area contributed by atoms with Crippen molar-refractivity contribution in [2.24, 2.45) is 7.05 Å². The lowest BCUT2D eigenvalue weighted by Gasteiger charge is -2.16. The molecular formula is C28H21N5O3. The van der Waals surface area contributed by atoms with E-state index in [2.05, 4.69) is 20.6 Å². The molecule has 176 valence electrons. The molecule has 36 heavy (non-hydrogen) atoms. The Morgan fingerprint density at radius 2 is 1.47 bits per heavy atom. The van der Waals surface area contributed by atoms with Crippen molar-refractivity contribution in [2.75, 3.05) is 5.32 Å². The van der Waals surface area contributed by atoms with Crippen molar-refractivity contribution in [1.82, 2.24) is 20.0 Å². The summed E-state index contributed by atoms with van der Waals surface area (Å²) in [6, 6.07) is 28.7. The number of hydrogen-bond donors (Lipinski definition) is 2. The van der Waals surface area contributed by atoms with Crippen LogP contribution in [0.3, 0.4) is 0 Å². The fourth-order valence-corrected chi connectivity index (χ4v) is 3.98. The molecule has 8 nitrogen and oxygen atoms in total. The lowest BCUT2D eigenvalue weighted by Crippen LogP contribution is -2.31. The van der Waals surface area contributed by atoms with Crippen LogP contribution in [0.5, 0.6) is 0 Å². The molecule has 3 aromatic carbocycles. The zero-order chi connectivity index (χ0) is 25.1. The van der Waals surface area contributed by atoms with E-state index >= 15 is 0 Å². The molecular weight excluding hydrogens is 454 g/mol. The summed E-state index contributed by atoms with van der Waals surface area (Å²) < 4.78 is 1.18. The van der Waals surface area contributed by atoms with E-state index in [4.69, 9.17) is 0 Å². The second-order valence-corrected chi connectivity index (χ2v) is 8.10. The topological polar surface area (TPSA) is 110 Å². The summed E-state index contributed by atoms with van der Waals surface area (Å²) in [5.74, 6) is -0.555. The predicted octanol–water partition coefficient (Wildman–Crippen LogP) is 4.12. The van der Waals surface area contributed by atoms with Crippen LogP contribution < -0.4 is 16.4 Å². The van der Waals surface area contributed by atoms with Crippen LogP contribution in [0.4, 0.5) is 5.69 Å². The van der Waals surface area contributed by atoms with Crippen molar-refractivity contribution >= 4 is 11.6 Å². The molecule has 0 aliphatic heterocycles. The molecule has 2 heterocycles. The fourth-order valence-electron chi connectivity index (χ4n) is 3.98. The Hall–Kier alpha value is -5.11. The molecule has 0 spiro atoms. The van der Waals surface area contributed by atoms with Crippen LogP contribution in [0.15, 0.2) is 107 Å². The normalized spacial score (nSPS) is 10.7. The van der Waals surface area contributed by atoms with Crippen LogP contribution in [0, 0.1) is 0 Å². The van der Waals surface area contributed by atoms with Gasteiger partial charge in [0, 0.05) is 35.5 Å². The Labute approximate surface area is 205 Å². The number of rotatable bonds is 5. The number of amides is 1. The lowest BCUT2D eigenvalue weighted by molar-refractivity contribution is 0.102. The summed E-state index contributed by atoms with van der Waals surface area (Å²) in [7, 11) is 1.53. The van der Waals surface area contributed by atoms with Crippen LogP contribution in [0.1, 0.15) is 10.4 Å². The largest absolute Gasteiger partial charge is 0.322 e. The Kier molecular flexibility index (Phi) is 6.07. The quantitative estimate of drug-likeness (QED) is 0.397. The molecule has 0 radical (unpaired) electrons. The average molecular weight is 476 g/mol. The third-order valence-electron chi connectivity index (χ3n) is 5.68. The number of carbonyl (C=O) groups is 1. The number of carbonyl (C=O) groups excluding carboxylic acids is 1. The number of nitrogens with zero attached hydrogens (tertiary/aromatic N) is 3. The van der Waals surface area contributed by atoms with E-state index in [9.17, 15) is 14.4 Å². The minimum absolute atomic E-state index is 0.00915. The smallest absolute Gasteiger partial charge is 0.280 e. The molecule has 0 saturated carbocycles. The zero-order valence-corrected chi connectivity index (χ0v) is 19.3. The van der Waals surface area contributed by atoms with E-state index in [1.807, 2.05) is 66.7 Å². The second kappa shape index (κ2) is 9.63. The Morgan fingerprint density at radius 3 is 2.14 bits per heavy atom. The van der Waals surface area contributed by atoms with Crippen LogP contribution >= 0.6 is 0 Å². The van der Waals surface area contributed by atoms with E-state index in [1.165, 1.54) is 17.8 Å². The minimum atomic E-state index is -0.555. The van der Waals surface area contributed by atoms with Gasteiger partial charge in [-0.25, -0.2) is 9.78 Å². The van der Waals surface area contributed by atoms with Crippen LogP contribution in [-0.2, 0) is 7.05 Å². The number of nitrogens with one attached hydrogen (secondary N) is 2. The SMILES string of the molecule is Cn1nc(-c2ccccc2)c(-c2ccccc2)c(C(=O)Nc2cccc(-c3ccc(=O)[nH]n3)c2)c1=O. The molecule has 1 amide bonds. The highest BCUT2D eigenvalue weighted by atomic mass is 16.2. The molecule has 0 bridgehead atoms. The van der Waals surface area contributed by atoms with Gasteiger partial charge in [0.2, 0.25) is 0 Å². The number of H-pyrrole nitrogens is 1. The lowest BCUT2D eigenvalue weighted by atomic mass is 9.95. The van der Waals surface area contributed by atoms with Gasteiger partial charge in [0.1, 0.15) is 5.56 Å². The third kappa shape index (κ3) is 4.47. The van der Waals surface area contributed by atoms with Gasteiger partial charge in [0.25, 0.3) is 17.0 Å². The first-order chi connectivity index (χ1) is 17.5. The van der Waals surface area contributed by atoms with Gasteiger partial charge in [-0.15, -0.1) is 0 Å². The number of hydrogen-bond acceptors (Lipinski definition) is 5. The monoisotopic (exact) mass is 475 g/mol. The first kappa shape index (κ1) is 22.7.